The quantitative estimate of drug-likeness (QED) is 0.812. The Morgan fingerprint density at radius 1 is 1.11 bits per heavy atom. The second-order valence-corrected chi connectivity index (χ2v) is 4.63. The number of ketones is 1. The number of carbonyl (C=O) groups excluding carboxylic acids is 1. The van der Waals surface area contributed by atoms with Gasteiger partial charge in [0.2, 0.25) is 0 Å². The van der Waals surface area contributed by atoms with Gasteiger partial charge in [-0.15, -0.1) is 0 Å². The Hall–Kier alpha value is -1.15. The summed E-state index contributed by atoms with van der Waals surface area (Å²) >= 11 is 0. The van der Waals surface area contributed by atoms with Crippen molar-refractivity contribution in [1.29, 1.82) is 0 Å². The van der Waals surface area contributed by atoms with Gasteiger partial charge in [0.1, 0.15) is 5.78 Å². The monoisotopic (exact) mass is 247 g/mol. The molecule has 0 aliphatic carbocycles. The molecule has 1 aromatic carbocycles. The fourth-order valence-corrected chi connectivity index (χ4v) is 2.33. The minimum atomic E-state index is 0.244. The molecule has 1 aromatic rings. The molecule has 2 heteroatoms. The Morgan fingerprint density at radius 3 is 2.22 bits per heavy atom. The first-order valence-corrected chi connectivity index (χ1v) is 7.04. The molecule has 18 heavy (non-hydrogen) atoms. The van der Waals surface area contributed by atoms with Crippen LogP contribution in [0.2, 0.25) is 0 Å². The van der Waals surface area contributed by atoms with Crippen molar-refractivity contribution in [3.8, 4) is 0 Å². The van der Waals surface area contributed by atoms with Crippen LogP contribution in [0.1, 0.15) is 44.7 Å². The number of nitrogens with zero attached hydrogens (tertiary/aromatic N) is 1. The number of benzene rings is 1. The molecule has 2 rings (SSSR count). The van der Waals surface area contributed by atoms with E-state index in [-0.39, 0.29) is 5.78 Å². The molecule has 1 fully saturated rings. The summed E-state index contributed by atoms with van der Waals surface area (Å²) in [6, 6.07) is 8.31. The molecule has 0 radical (unpaired) electrons. The summed E-state index contributed by atoms with van der Waals surface area (Å²) in [5, 5.41) is 0. The van der Waals surface area contributed by atoms with E-state index in [0.717, 1.165) is 6.54 Å². The van der Waals surface area contributed by atoms with Gasteiger partial charge >= 0.3 is 0 Å². The lowest BCUT2D eigenvalue weighted by molar-refractivity contribution is -0.116. The summed E-state index contributed by atoms with van der Waals surface area (Å²) in [7, 11) is 0. The molecule has 1 heterocycles. The van der Waals surface area contributed by atoms with E-state index < -0.39 is 0 Å². The second kappa shape index (κ2) is 8.04. The molecule has 0 aromatic heterocycles. The van der Waals surface area contributed by atoms with Crippen LogP contribution in [0.4, 0.5) is 0 Å². The van der Waals surface area contributed by atoms with Gasteiger partial charge in [-0.2, -0.15) is 0 Å². The van der Waals surface area contributed by atoms with Crippen molar-refractivity contribution >= 4 is 5.78 Å². The fraction of sp³-hybridized carbons (Fsp3) is 0.562. The maximum absolute atomic E-state index is 11.2. The van der Waals surface area contributed by atoms with Crippen molar-refractivity contribution < 1.29 is 4.79 Å². The third-order valence-electron chi connectivity index (χ3n) is 3.15. The zero-order valence-corrected chi connectivity index (χ0v) is 11.9. The number of Topliss-reactive ketones (excluding diaryl/α,β-unsaturated/α-hetero) is 1. The van der Waals surface area contributed by atoms with Crippen LogP contribution in [0, 0.1) is 0 Å². The van der Waals surface area contributed by atoms with Gasteiger partial charge < -0.3 is 0 Å². The summed E-state index contributed by atoms with van der Waals surface area (Å²) in [6.07, 6.45) is 3.20. The SMILES string of the molecule is CC.CC(=O)Cc1ccccc1CN1CCCC1. The molecular formula is C16H25NO. The van der Waals surface area contributed by atoms with Gasteiger partial charge in [-0.25, -0.2) is 0 Å². The molecule has 1 aliphatic heterocycles. The van der Waals surface area contributed by atoms with Gasteiger partial charge in [0, 0.05) is 13.0 Å². The minimum Gasteiger partial charge on any atom is -0.300 e. The Balaban J connectivity index is 0.000000771. The maximum Gasteiger partial charge on any atom is 0.134 e. The molecule has 0 spiro atoms. The normalized spacial score (nSPS) is 15.1. The zero-order valence-electron chi connectivity index (χ0n) is 11.9. The van der Waals surface area contributed by atoms with E-state index in [9.17, 15) is 4.79 Å². The smallest absolute Gasteiger partial charge is 0.134 e. The van der Waals surface area contributed by atoms with Gasteiger partial charge in [0.15, 0.2) is 0 Å². The lowest BCUT2D eigenvalue weighted by atomic mass is 10.0. The van der Waals surface area contributed by atoms with Crippen LogP contribution in [-0.4, -0.2) is 23.8 Å². The first kappa shape index (κ1) is 14.9. The lowest BCUT2D eigenvalue weighted by Gasteiger charge is -2.17. The predicted octanol–water partition coefficient (Wildman–Crippen LogP) is 3.44. The Labute approximate surface area is 111 Å². The first-order chi connectivity index (χ1) is 8.75. The first-order valence-electron chi connectivity index (χ1n) is 7.04. The highest BCUT2D eigenvalue weighted by Crippen LogP contribution is 2.16. The molecule has 0 amide bonds. The molecule has 0 atom stereocenters. The Kier molecular flexibility index (Phi) is 6.66. The Bertz CT molecular complexity index is 367. The minimum absolute atomic E-state index is 0.244. The van der Waals surface area contributed by atoms with E-state index in [2.05, 4.69) is 23.1 Å². The van der Waals surface area contributed by atoms with Crippen LogP contribution in [0.5, 0.6) is 0 Å². The summed E-state index contributed by atoms with van der Waals surface area (Å²) in [5.41, 5.74) is 2.52. The van der Waals surface area contributed by atoms with Crippen LogP contribution < -0.4 is 0 Å². The highest BCUT2D eigenvalue weighted by molar-refractivity contribution is 5.78. The van der Waals surface area contributed by atoms with E-state index in [0.29, 0.717) is 6.42 Å². The van der Waals surface area contributed by atoms with Crippen LogP contribution in [0.15, 0.2) is 24.3 Å². The summed E-state index contributed by atoms with van der Waals surface area (Å²) < 4.78 is 0. The highest BCUT2D eigenvalue weighted by atomic mass is 16.1. The van der Waals surface area contributed by atoms with Crippen molar-refractivity contribution in [2.24, 2.45) is 0 Å². The maximum atomic E-state index is 11.2. The van der Waals surface area contributed by atoms with Crippen LogP contribution >= 0.6 is 0 Å². The van der Waals surface area contributed by atoms with E-state index in [1.807, 2.05) is 19.9 Å². The number of carbonyl (C=O) groups is 1. The zero-order chi connectivity index (χ0) is 13.4. The van der Waals surface area contributed by atoms with Crippen molar-refractivity contribution in [3.63, 3.8) is 0 Å². The molecule has 0 N–H and O–H groups in total. The average Bonchev–Trinajstić information content (AvgIpc) is 2.86. The van der Waals surface area contributed by atoms with Crippen molar-refractivity contribution in [2.45, 2.75) is 46.6 Å². The van der Waals surface area contributed by atoms with Crippen LogP contribution in [0.25, 0.3) is 0 Å². The highest BCUT2D eigenvalue weighted by Gasteiger charge is 2.13. The Morgan fingerprint density at radius 2 is 1.67 bits per heavy atom. The average molecular weight is 247 g/mol. The number of hydrogen-bond donors (Lipinski definition) is 0. The third kappa shape index (κ3) is 4.61. The number of hydrogen-bond acceptors (Lipinski definition) is 2. The van der Waals surface area contributed by atoms with Gasteiger partial charge in [-0.1, -0.05) is 38.1 Å². The van der Waals surface area contributed by atoms with Crippen LogP contribution in [-0.2, 0) is 17.8 Å². The number of likely N-dealkylation sites (tertiary alicyclic amines) is 1. The van der Waals surface area contributed by atoms with E-state index >= 15 is 0 Å². The molecule has 1 aliphatic rings. The second-order valence-electron chi connectivity index (χ2n) is 4.63. The molecule has 2 nitrogen and oxygen atoms in total. The summed E-state index contributed by atoms with van der Waals surface area (Å²) in [5.74, 6) is 0.244. The van der Waals surface area contributed by atoms with Crippen molar-refractivity contribution in [3.05, 3.63) is 35.4 Å². The van der Waals surface area contributed by atoms with Gasteiger partial charge in [-0.05, 0) is 44.0 Å². The van der Waals surface area contributed by atoms with E-state index in [1.165, 1.54) is 37.1 Å². The van der Waals surface area contributed by atoms with Gasteiger partial charge in [0.05, 0.1) is 0 Å². The largest absolute Gasteiger partial charge is 0.300 e. The molecule has 0 saturated carbocycles. The van der Waals surface area contributed by atoms with E-state index in [1.54, 1.807) is 6.92 Å². The van der Waals surface area contributed by atoms with Gasteiger partial charge in [0.25, 0.3) is 0 Å². The van der Waals surface area contributed by atoms with E-state index in [4.69, 9.17) is 0 Å². The standard InChI is InChI=1S/C14H19NO.C2H6/c1-12(16)10-13-6-2-3-7-14(13)11-15-8-4-5-9-15;1-2/h2-3,6-7H,4-5,8-11H2,1H3;1-2H3. The fourth-order valence-electron chi connectivity index (χ4n) is 2.33. The van der Waals surface area contributed by atoms with Crippen LogP contribution in [0.3, 0.4) is 0 Å². The lowest BCUT2D eigenvalue weighted by Crippen LogP contribution is -2.19. The van der Waals surface area contributed by atoms with Crippen molar-refractivity contribution in [2.75, 3.05) is 13.1 Å². The molecule has 100 valence electrons. The molecule has 1 saturated heterocycles. The summed E-state index contributed by atoms with van der Waals surface area (Å²) in [6.45, 7) is 9.07. The topological polar surface area (TPSA) is 20.3 Å². The number of rotatable bonds is 4. The predicted molar refractivity (Wildman–Crippen MR) is 76.7 cm³/mol. The molecule has 0 unspecified atom stereocenters. The molecular weight excluding hydrogens is 222 g/mol. The molecule has 0 bridgehead atoms. The van der Waals surface area contributed by atoms with Gasteiger partial charge in [-0.3, -0.25) is 9.69 Å². The summed E-state index contributed by atoms with van der Waals surface area (Å²) in [4.78, 5) is 13.7. The third-order valence-corrected chi connectivity index (χ3v) is 3.15. The van der Waals surface area contributed by atoms with Crippen molar-refractivity contribution in [1.82, 2.24) is 4.90 Å².